The Kier molecular flexibility index (Phi) is 2.38. The quantitative estimate of drug-likeness (QED) is 0.426. The fourth-order valence-corrected chi connectivity index (χ4v) is 1.09. The minimum absolute atomic E-state index is 0.151. The number of hydrogen-bond donors (Lipinski definition) is 2. The predicted molar refractivity (Wildman–Crippen MR) is 45.2 cm³/mol. The van der Waals surface area contributed by atoms with Crippen LogP contribution < -0.4 is 0 Å². The average molecular weight is 200 g/mol. The number of aromatic carboxylic acids is 1. The largest absolute Gasteiger partial charge is 0.477 e. The number of rotatable bonds is 2. The molecule has 0 aromatic carbocycles. The van der Waals surface area contributed by atoms with Gasteiger partial charge in [-0.3, -0.25) is 10.1 Å². The van der Waals surface area contributed by atoms with Gasteiger partial charge in [0.15, 0.2) is 5.56 Å². The van der Waals surface area contributed by atoms with Crippen molar-refractivity contribution in [3.63, 3.8) is 0 Å². The van der Waals surface area contributed by atoms with E-state index in [9.17, 15) is 14.9 Å². The summed E-state index contributed by atoms with van der Waals surface area (Å²) in [7, 11) is 0. The summed E-state index contributed by atoms with van der Waals surface area (Å²) in [5, 5.41) is 19.0. The molecule has 0 unspecified atom stereocenters. The van der Waals surface area contributed by atoms with Crippen LogP contribution in [0.2, 0.25) is 0 Å². The maximum atomic E-state index is 10.6. The van der Waals surface area contributed by atoms with Crippen LogP contribution in [0.4, 0.5) is 5.69 Å². The minimum Gasteiger partial charge on any atom is -0.477 e. The van der Waals surface area contributed by atoms with Crippen molar-refractivity contribution in [1.29, 1.82) is 0 Å². The molecule has 7 heteroatoms. The molecule has 13 heavy (non-hydrogen) atoms. The van der Waals surface area contributed by atoms with Gasteiger partial charge in [0, 0.05) is 12.3 Å². The monoisotopic (exact) mass is 200 g/mol. The van der Waals surface area contributed by atoms with Gasteiger partial charge in [-0.1, -0.05) is 12.2 Å². The molecule has 0 amide bonds. The molecule has 0 fully saturated rings. The number of nitro groups is 1. The lowest BCUT2D eigenvalue weighted by Gasteiger charge is -1.96. The average Bonchev–Trinajstić information content (AvgIpc) is 2.02. The molecule has 1 heterocycles. The third-order valence-electron chi connectivity index (χ3n) is 1.35. The highest BCUT2D eigenvalue weighted by molar-refractivity contribution is 7.71. The van der Waals surface area contributed by atoms with Crippen LogP contribution in [0.25, 0.3) is 0 Å². The summed E-state index contributed by atoms with van der Waals surface area (Å²) in [6.07, 6.45) is 1.23. The molecular weight excluding hydrogens is 196 g/mol. The Morgan fingerprint density at radius 1 is 1.69 bits per heavy atom. The van der Waals surface area contributed by atoms with Crippen molar-refractivity contribution in [3.8, 4) is 0 Å². The molecule has 0 bridgehead atoms. The summed E-state index contributed by atoms with van der Waals surface area (Å²) in [4.78, 5) is 22.5. The van der Waals surface area contributed by atoms with Crippen LogP contribution in [0.3, 0.4) is 0 Å². The molecule has 0 atom stereocenters. The second kappa shape index (κ2) is 3.31. The van der Waals surface area contributed by atoms with E-state index in [1.165, 1.54) is 6.20 Å². The summed E-state index contributed by atoms with van der Waals surface area (Å²) in [5.74, 6) is -1.41. The summed E-state index contributed by atoms with van der Waals surface area (Å²) >= 11 is 4.59. The normalized spacial score (nSPS) is 9.54. The van der Waals surface area contributed by atoms with Crippen LogP contribution in [-0.2, 0) is 0 Å². The van der Waals surface area contributed by atoms with Crippen molar-refractivity contribution in [2.75, 3.05) is 0 Å². The van der Waals surface area contributed by atoms with Gasteiger partial charge in [0.25, 0.3) is 5.69 Å². The van der Waals surface area contributed by atoms with E-state index in [0.29, 0.717) is 0 Å². The number of H-pyrrole nitrogens is 1. The van der Waals surface area contributed by atoms with Gasteiger partial charge in [-0.2, -0.15) is 0 Å². The molecule has 0 aliphatic rings. The predicted octanol–water partition coefficient (Wildman–Crippen LogP) is 1.35. The third-order valence-corrected chi connectivity index (χ3v) is 1.67. The Labute approximate surface area is 77.0 Å². The Morgan fingerprint density at radius 2 is 2.31 bits per heavy atom. The zero-order valence-electron chi connectivity index (χ0n) is 6.18. The smallest absolute Gasteiger partial charge is 0.345 e. The van der Waals surface area contributed by atoms with Gasteiger partial charge < -0.3 is 10.1 Å². The number of carboxylic acids is 1. The van der Waals surface area contributed by atoms with E-state index >= 15 is 0 Å². The number of aromatic amines is 1. The Hall–Kier alpha value is -1.76. The molecule has 1 aromatic rings. The fraction of sp³-hybridized carbons (Fsp3) is 0. The van der Waals surface area contributed by atoms with Crippen LogP contribution in [0, 0.1) is 14.8 Å². The molecule has 1 aromatic heterocycles. The van der Waals surface area contributed by atoms with Gasteiger partial charge in [-0.05, 0) is 0 Å². The summed E-state index contributed by atoms with van der Waals surface area (Å²) in [6, 6.07) is 1.05. The standard InChI is InChI=1S/C6H4N2O4S/c9-6(10)4-3(8(11)12)1-2-7-5(4)13/h1-2H,(H,7,13)(H,9,10). The van der Waals surface area contributed by atoms with E-state index in [1.54, 1.807) is 0 Å². The molecule has 68 valence electrons. The maximum absolute atomic E-state index is 10.6. The molecular formula is C6H4N2O4S. The highest BCUT2D eigenvalue weighted by Crippen LogP contribution is 2.17. The number of hydrogen-bond acceptors (Lipinski definition) is 4. The van der Waals surface area contributed by atoms with Crippen LogP contribution >= 0.6 is 12.2 Å². The fourth-order valence-electron chi connectivity index (χ4n) is 0.827. The summed E-state index contributed by atoms with van der Waals surface area (Å²) in [5.41, 5.74) is -0.987. The van der Waals surface area contributed by atoms with Crippen LogP contribution in [0.1, 0.15) is 10.4 Å². The van der Waals surface area contributed by atoms with Gasteiger partial charge in [-0.15, -0.1) is 0 Å². The Balaban J connectivity index is 3.52. The first-order chi connectivity index (χ1) is 6.04. The zero-order chi connectivity index (χ0) is 10.0. The molecule has 6 nitrogen and oxygen atoms in total. The number of aromatic nitrogens is 1. The Bertz CT molecular complexity index is 425. The van der Waals surface area contributed by atoms with Crippen LogP contribution in [-0.4, -0.2) is 21.0 Å². The van der Waals surface area contributed by atoms with Crippen molar-refractivity contribution in [3.05, 3.63) is 32.6 Å². The second-order valence-electron chi connectivity index (χ2n) is 2.13. The Morgan fingerprint density at radius 3 is 2.69 bits per heavy atom. The number of carbonyl (C=O) groups is 1. The van der Waals surface area contributed by atoms with E-state index in [0.717, 1.165) is 6.07 Å². The number of carboxylic acid groups (broad SMARTS) is 1. The molecule has 0 aliphatic carbocycles. The molecule has 0 saturated heterocycles. The zero-order valence-corrected chi connectivity index (χ0v) is 7.00. The van der Waals surface area contributed by atoms with Crippen LogP contribution in [0.5, 0.6) is 0 Å². The second-order valence-corrected chi connectivity index (χ2v) is 2.54. The van der Waals surface area contributed by atoms with E-state index < -0.39 is 22.1 Å². The SMILES string of the molecule is O=C(O)c1c([N+](=O)[O-])cc[nH]c1=S. The van der Waals surface area contributed by atoms with Gasteiger partial charge in [-0.25, -0.2) is 4.79 Å². The third kappa shape index (κ3) is 1.70. The highest BCUT2D eigenvalue weighted by Gasteiger charge is 2.20. The lowest BCUT2D eigenvalue weighted by Crippen LogP contribution is -2.04. The van der Waals surface area contributed by atoms with Crippen molar-refractivity contribution in [1.82, 2.24) is 4.98 Å². The topological polar surface area (TPSA) is 96.2 Å². The van der Waals surface area contributed by atoms with E-state index in [4.69, 9.17) is 5.11 Å². The molecule has 2 N–H and O–H groups in total. The van der Waals surface area contributed by atoms with E-state index in [2.05, 4.69) is 17.2 Å². The number of nitrogens with zero attached hydrogens (tertiary/aromatic N) is 1. The van der Waals surface area contributed by atoms with Gasteiger partial charge in [0.2, 0.25) is 0 Å². The first-order valence-electron chi connectivity index (χ1n) is 3.13. The molecule has 0 spiro atoms. The lowest BCUT2D eigenvalue weighted by molar-refractivity contribution is -0.385. The number of nitrogens with one attached hydrogen (secondary N) is 1. The van der Waals surface area contributed by atoms with Gasteiger partial charge in [0.05, 0.1) is 4.92 Å². The van der Waals surface area contributed by atoms with Crippen molar-refractivity contribution >= 4 is 23.9 Å². The summed E-state index contributed by atoms with van der Waals surface area (Å²) < 4.78 is -0.151. The number of pyridine rings is 1. The molecule has 0 saturated carbocycles. The van der Waals surface area contributed by atoms with E-state index in [-0.39, 0.29) is 4.64 Å². The highest BCUT2D eigenvalue weighted by atomic mass is 32.1. The van der Waals surface area contributed by atoms with Gasteiger partial charge >= 0.3 is 5.97 Å². The maximum Gasteiger partial charge on any atom is 0.345 e. The van der Waals surface area contributed by atoms with Crippen molar-refractivity contribution < 1.29 is 14.8 Å². The van der Waals surface area contributed by atoms with Crippen LogP contribution in [0.15, 0.2) is 12.3 Å². The van der Waals surface area contributed by atoms with Crippen molar-refractivity contribution in [2.45, 2.75) is 0 Å². The molecule has 0 aliphatic heterocycles. The first-order valence-corrected chi connectivity index (χ1v) is 3.54. The molecule has 0 radical (unpaired) electrons. The van der Waals surface area contributed by atoms with Crippen molar-refractivity contribution in [2.24, 2.45) is 0 Å². The van der Waals surface area contributed by atoms with Gasteiger partial charge in [0.1, 0.15) is 4.64 Å². The molecule has 1 rings (SSSR count). The minimum atomic E-state index is -1.41. The lowest BCUT2D eigenvalue weighted by atomic mass is 10.2. The summed E-state index contributed by atoms with van der Waals surface area (Å²) in [6.45, 7) is 0. The van der Waals surface area contributed by atoms with E-state index in [1.807, 2.05) is 0 Å². The first kappa shape index (κ1) is 9.33.